The first-order valence-electron chi connectivity index (χ1n) is 5.62. The maximum Gasteiger partial charge on any atom is 0.119 e. The van der Waals surface area contributed by atoms with Crippen molar-refractivity contribution in [3.05, 3.63) is 53.9 Å². The van der Waals surface area contributed by atoms with E-state index in [1.165, 1.54) is 11.3 Å². The van der Waals surface area contributed by atoms with E-state index in [1.54, 1.807) is 0 Å². The highest BCUT2D eigenvalue weighted by atomic mass is 15.3. The molecule has 1 heterocycles. The zero-order valence-corrected chi connectivity index (χ0v) is 9.80. The predicted molar refractivity (Wildman–Crippen MR) is 63.7 cm³/mol. The monoisotopic (exact) mass is 216 g/mol. The number of benzene rings is 1. The highest BCUT2D eigenvalue weighted by Gasteiger charge is 2.08. The second kappa shape index (κ2) is 4.94. The number of aromatic nitrogens is 2. The standard InChI is InChI=1S/C13H17N3/c1-11(12-6-4-3-5-7-12)14-10-13-8-9-15-16(13)2/h3-9,11,14H,10H2,1-2H3/p+1/t11-/m1/s1. The largest absolute Gasteiger partial charge is 0.335 e. The molecule has 1 aromatic carbocycles. The second-order valence-corrected chi connectivity index (χ2v) is 4.09. The molecule has 0 aliphatic heterocycles. The second-order valence-electron chi connectivity index (χ2n) is 4.09. The molecule has 0 saturated heterocycles. The summed E-state index contributed by atoms with van der Waals surface area (Å²) in [5.41, 5.74) is 2.62. The van der Waals surface area contributed by atoms with Gasteiger partial charge in [-0.3, -0.25) is 4.68 Å². The Balaban J connectivity index is 1.94. The quantitative estimate of drug-likeness (QED) is 0.820. The Kier molecular flexibility index (Phi) is 3.37. The molecular formula is C13H18N3+. The normalized spacial score (nSPS) is 12.6. The van der Waals surface area contributed by atoms with Crippen LogP contribution in [0.3, 0.4) is 0 Å². The zero-order valence-electron chi connectivity index (χ0n) is 9.80. The average molecular weight is 216 g/mol. The Bertz CT molecular complexity index is 433. The van der Waals surface area contributed by atoms with Crippen molar-refractivity contribution in [2.45, 2.75) is 19.5 Å². The van der Waals surface area contributed by atoms with Crippen molar-refractivity contribution >= 4 is 0 Å². The molecule has 0 bridgehead atoms. The van der Waals surface area contributed by atoms with E-state index < -0.39 is 0 Å². The number of aryl methyl sites for hydroxylation is 1. The van der Waals surface area contributed by atoms with Crippen molar-refractivity contribution in [3.63, 3.8) is 0 Å². The first-order chi connectivity index (χ1) is 7.77. The van der Waals surface area contributed by atoms with E-state index in [1.807, 2.05) is 17.9 Å². The topological polar surface area (TPSA) is 34.4 Å². The van der Waals surface area contributed by atoms with Gasteiger partial charge in [0.1, 0.15) is 12.6 Å². The maximum absolute atomic E-state index is 4.16. The van der Waals surface area contributed by atoms with Gasteiger partial charge in [-0.1, -0.05) is 30.3 Å². The Labute approximate surface area is 96.1 Å². The van der Waals surface area contributed by atoms with E-state index in [9.17, 15) is 0 Å². The highest BCUT2D eigenvalue weighted by molar-refractivity contribution is 5.16. The Morgan fingerprint density at radius 3 is 2.62 bits per heavy atom. The molecule has 2 aromatic rings. The van der Waals surface area contributed by atoms with Gasteiger partial charge in [0.05, 0.1) is 5.69 Å². The molecule has 16 heavy (non-hydrogen) atoms. The molecule has 0 saturated carbocycles. The lowest BCUT2D eigenvalue weighted by atomic mass is 10.1. The molecule has 0 radical (unpaired) electrons. The van der Waals surface area contributed by atoms with Gasteiger partial charge in [0, 0.05) is 18.8 Å². The van der Waals surface area contributed by atoms with Crippen LogP contribution in [0.25, 0.3) is 0 Å². The molecule has 2 rings (SSSR count). The summed E-state index contributed by atoms with van der Waals surface area (Å²) in [5, 5.41) is 6.49. The van der Waals surface area contributed by atoms with E-state index in [0.29, 0.717) is 6.04 Å². The van der Waals surface area contributed by atoms with Crippen molar-refractivity contribution in [1.82, 2.24) is 9.78 Å². The minimum absolute atomic E-state index is 0.482. The molecule has 1 aromatic heterocycles. The molecule has 1 atom stereocenters. The third kappa shape index (κ3) is 2.49. The van der Waals surface area contributed by atoms with Crippen LogP contribution in [0, 0.1) is 0 Å². The summed E-state index contributed by atoms with van der Waals surface area (Å²) in [7, 11) is 1.98. The van der Waals surface area contributed by atoms with E-state index in [0.717, 1.165) is 6.54 Å². The van der Waals surface area contributed by atoms with E-state index in [2.05, 4.69) is 53.7 Å². The summed E-state index contributed by atoms with van der Waals surface area (Å²) in [6.45, 7) is 3.19. The zero-order chi connectivity index (χ0) is 11.4. The Morgan fingerprint density at radius 2 is 2.00 bits per heavy atom. The van der Waals surface area contributed by atoms with Gasteiger partial charge < -0.3 is 5.32 Å². The molecular weight excluding hydrogens is 198 g/mol. The molecule has 0 aliphatic carbocycles. The van der Waals surface area contributed by atoms with Gasteiger partial charge in [-0.05, 0) is 13.0 Å². The Morgan fingerprint density at radius 1 is 1.25 bits per heavy atom. The van der Waals surface area contributed by atoms with Crippen LogP contribution < -0.4 is 5.32 Å². The summed E-state index contributed by atoms with van der Waals surface area (Å²) >= 11 is 0. The molecule has 3 heteroatoms. The fourth-order valence-electron chi connectivity index (χ4n) is 1.79. The van der Waals surface area contributed by atoms with Crippen LogP contribution in [-0.4, -0.2) is 9.78 Å². The summed E-state index contributed by atoms with van der Waals surface area (Å²) in [4.78, 5) is 0. The third-order valence-corrected chi connectivity index (χ3v) is 2.93. The molecule has 0 spiro atoms. The Hall–Kier alpha value is -1.61. The highest BCUT2D eigenvalue weighted by Crippen LogP contribution is 2.06. The van der Waals surface area contributed by atoms with Gasteiger partial charge in [0.15, 0.2) is 0 Å². The van der Waals surface area contributed by atoms with Gasteiger partial charge in [0.25, 0.3) is 0 Å². The molecule has 84 valence electrons. The minimum atomic E-state index is 0.482. The summed E-state index contributed by atoms with van der Waals surface area (Å²) in [6.07, 6.45) is 1.84. The van der Waals surface area contributed by atoms with Gasteiger partial charge in [0.2, 0.25) is 0 Å². The van der Waals surface area contributed by atoms with E-state index >= 15 is 0 Å². The van der Waals surface area contributed by atoms with Crippen molar-refractivity contribution in [2.75, 3.05) is 0 Å². The minimum Gasteiger partial charge on any atom is -0.335 e. The molecule has 0 fully saturated rings. The maximum atomic E-state index is 4.16. The predicted octanol–water partition coefficient (Wildman–Crippen LogP) is 1.24. The van der Waals surface area contributed by atoms with Crippen LogP contribution in [-0.2, 0) is 13.6 Å². The smallest absolute Gasteiger partial charge is 0.119 e. The van der Waals surface area contributed by atoms with Crippen molar-refractivity contribution < 1.29 is 5.32 Å². The van der Waals surface area contributed by atoms with Crippen molar-refractivity contribution in [2.24, 2.45) is 7.05 Å². The number of nitrogens with two attached hydrogens (primary N) is 1. The summed E-state index contributed by atoms with van der Waals surface area (Å²) < 4.78 is 1.92. The lowest BCUT2D eigenvalue weighted by molar-refractivity contribution is -0.708. The van der Waals surface area contributed by atoms with E-state index in [-0.39, 0.29) is 0 Å². The number of quaternary nitrogens is 1. The van der Waals surface area contributed by atoms with Gasteiger partial charge >= 0.3 is 0 Å². The van der Waals surface area contributed by atoms with Gasteiger partial charge in [-0.15, -0.1) is 0 Å². The lowest BCUT2D eigenvalue weighted by Crippen LogP contribution is -2.83. The molecule has 0 amide bonds. The van der Waals surface area contributed by atoms with Gasteiger partial charge in [-0.2, -0.15) is 5.10 Å². The average Bonchev–Trinajstić information content (AvgIpc) is 2.73. The third-order valence-electron chi connectivity index (χ3n) is 2.93. The van der Waals surface area contributed by atoms with Gasteiger partial charge in [-0.25, -0.2) is 0 Å². The molecule has 0 unspecified atom stereocenters. The molecule has 3 nitrogen and oxygen atoms in total. The summed E-state index contributed by atoms with van der Waals surface area (Å²) in [6, 6.07) is 13.1. The van der Waals surface area contributed by atoms with Crippen molar-refractivity contribution in [1.29, 1.82) is 0 Å². The first-order valence-corrected chi connectivity index (χ1v) is 5.62. The SMILES string of the molecule is C[C@@H]([NH2+]Cc1ccnn1C)c1ccccc1. The van der Waals surface area contributed by atoms with Crippen LogP contribution in [0.4, 0.5) is 0 Å². The molecule has 2 N–H and O–H groups in total. The van der Waals surface area contributed by atoms with Crippen LogP contribution in [0.1, 0.15) is 24.2 Å². The van der Waals surface area contributed by atoms with Crippen LogP contribution in [0.5, 0.6) is 0 Å². The first kappa shape index (κ1) is 10.9. The number of hydrogen-bond donors (Lipinski definition) is 1. The van der Waals surface area contributed by atoms with Crippen molar-refractivity contribution in [3.8, 4) is 0 Å². The van der Waals surface area contributed by atoms with E-state index in [4.69, 9.17) is 0 Å². The number of hydrogen-bond acceptors (Lipinski definition) is 1. The number of nitrogens with zero attached hydrogens (tertiary/aromatic N) is 2. The van der Waals surface area contributed by atoms with Crippen LogP contribution in [0.2, 0.25) is 0 Å². The lowest BCUT2D eigenvalue weighted by Gasteiger charge is -2.10. The molecule has 0 aliphatic rings. The fraction of sp³-hybridized carbons (Fsp3) is 0.308. The van der Waals surface area contributed by atoms with Crippen LogP contribution >= 0.6 is 0 Å². The van der Waals surface area contributed by atoms with Crippen LogP contribution in [0.15, 0.2) is 42.6 Å². The fourth-order valence-corrected chi connectivity index (χ4v) is 1.79. The summed E-state index contributed by atoms with van der Waals surface area (Å²) in [5.74, 6) is 0. The number of rotatable bonds is 4.